The predicted molar refractivity (Wildman–Crippen MR) is 106 cm³/mol. The second-order valence-corrected chi connectivity index (χ2v) is 11.2. The molecule has 7 N–H and O–H groups in total. The van der Waals surface area contributed by atoms with Gasteiger partial charge >= 0.3 is 23.5 Å². The van der Waals surface area contributed by atoms with Crippen LogP contribution in [-0.2, 0) is 31.6 Å². The first-order chi connectivity index (χ1) is 15.5. The van der Waals surface area contributed by atoms with Crippen LogP contribution in [0.5, 0.6) is 0 Å². The van der Waals surface area contributed by atoms with Gasteiger partial charge in [0.15, 0.2) is 23.0 Å². The number of fused-ring (bicyclic) bond motifs is 1. The van der Waals surface area contributed by atoms with Crippen molar-refractivity contribution >= 4 is 34.6 Å². The number of phosphoric acid groups is 3. The number of nitrogens with one attached hydrogen (secondary N) is 1. The van der Waals surface area contributed by atoms with Gasteiger partial charge in [-0.15, -0.1) is 6.42 Å². The number of aliphatic hydroxyl groups is 2. The number of phosphoric ester groups is 1. The Morgan fingerprint density at radius 3 is 2.50 bits per heavy atom. The largest absolute Gasteiger partial charge is 0.490 e. The van der Waals surface area contributed by atoms with Gasteiger partial charge < -0.3 is 39.5 Å². The topological polar surface area (TPSA) is 273 Å². The van der Waals surface area contributed by atoms with E-state index in [0.29, 0.717) is 0 Å². The van der Waals surface area contributed by atoms with Crippen LogP contribution in [0.15, 0.2) is 11.1 Å². The normalized spacial score (nSPS) is 28.9. The molecule has 18 nitrogen and oxygen atoms in total. The molecule has 188 valence electrons. The van der Waals surface area contributed by atoms with Gasteiger partial charge in [-0.05, 0) is 6.92 Å². The minimum Gasteiger partial charge on any atom is -0.386 e. The van der Waals surface area contributed by atoms with Gasteiger partial charge in [-0.3, -0.25) is 13.9 Å². The number of rotatable bonds is 8. The summed E-state index contributed by atoms with van der Waals surface area (Å²) in [4.78, 5) is 58.2. The van der Waals surface area contributed by atoms with Crippen LogP contribution in [0.4, 0.5) is 0 Å². The van der Waals surface area contributed by atoms with Crippen molar-refractivity contribution in [2.45, 2.75) is 31.0 Å². The Morgan fingerprint density at radius 1 is 1.26 bits per heavy atom. The lowest BCUT2D eigenvalue weighted by Gasteiger charge is -2.26. The molecule has 6 atom stereocenters. The van der Waals surface area contributed by atoms with Gasteiger partial charge in [-0.1, -0.05) is 5.92 Å². The molecule has 1 fully saturated rings. The molecule has 3 rings (SSSR count). The fourth-order valence-corrected chi connectivity index (χ4v) is 6.05. The fraction of sp³-hybridized carbons (Fsp3) is 0.462. The lowest BCUT2D eigenvalue weighted by molar-refractivity contribution is -0.0718. The summed E-state index contributed by atoms with van der Waals surface area (Å²) in [5, 5.41) is 21.3. The highest BCUT2D eigenvalue weighted by atomic mass is 31.3. The first kappa shape index (κ1) is 26.8. The maximum atomic E-state index is 12.0. The third kappa shape index (κ3) is 5.54. The average molecular weight is 546 g/mol. The monoisotopic (exact) mass is 546 g/mol. The smallest absolute Gasteiger partial charge is 0.386 e. The maximum absolute atomic E-state index is 12.0. The Bertz CT molecular complexity index is 1340. The standard InChI is InChI=1S/C13H17N4O14P3/c1-3-13(20)9(18)7(4-28-33(24,25)31-34(26,27)30-32(21,22)23)29-12(13)17-5-14-8-10(17)15-6(2)16-11(8)19/h1,5,7,9,12,18,20H,4H2,2H3,(H,24,25)(H,26,27)(H,15,16,19)(H2,21,22,23)/t7-,9-,12-,13-/m1/s1. The zero-order valence-electron chi connectivity index (χ0n) is 16.7. The number of aromatic nitrogens is 4. The number of aryl methyl sites for hydroxylation is 1. The van der Waals surface area contributed by atoms with Crippen molar-refractivity contribution in [2.24, 2.45) is 0 Å². The highest BCUT2D eigenvalue weighted by molar-refractivity contribution is 7.66. The van der Waals surface area contributed by atoms with Gasteiger partial charge in [0.1, 0.15) is 18.0 Å². The summed E-state index contributed by atoms with van der Waals surface area (Å²) < 4.78 is 52.0. The molecule has 0 radical (unpaired) electrons. The Kier molecular flexibility index (Phi) is 7.10. The van der Waals surface area contributed by atoms with Gasteiger partial charge in [0.2, 0.25) is 0 Å². The van der Waals surface area contributed by atoms with Crippen LogP contribution in [-0.4, -0.2) is 73.7 Å². The summed E-state index contributed by atoms with van der Waals surface area (Å²) >= 11 is 0. The maximum Gasteiger partial charge on any atom is 0.490 e. The van der Waals surface area contributed by atoms with Crippen LogP contribution in [0.3, 0.4) is 0 Å². The zero-order chi connectivity index (χ0) is 25.7. The Labute approximate surface area is 188 Å². The molecular weight excluding hydrogens is 529 g/mol. The minimum atomic E-state index is -5.77. The van der Waals surface area contributed by atoms with E-state index < -0.39 is 59.7 Å². The van der Waals surface area contributed by atoms with Crippen LogP contribution in [0.2, 0.25) is 0 Å². The number of aromatic amines is 1. The summed E-state index contributed by atoms with van der Waals surface area (Å²) in [6, 6.07) is 0. The highest BCUT2D eigenvalue weighted by Crippen LogP contribution is 2.66. The lowest BCUT2D eigenvalue weighted by atomic mass is 9.95. The van der Waals surface area contributed by atoms with E-state index in [1.807, 2.05) is 5.92 Å². The lowest BCUT2D eigenvalue weighted by Crippen LogP contribution is -2.45. The molecule has 0 aromatic carbocycles. The third-order valence-corrected chi connectivity index (χ3v) is 8.14. The summed E-state index contributed by atoms with van der Waals surface area (Å²) in [5.41, 5.74) is -3.36. The van der Waals surface area contributed by atoms with E-state index in [4.69, 9.17) is 20.9 Å². The Balaban J connectivity index is 1.83. The van der Waals surface area contributed by atoms with Crippen molar-refractivity contribution in [3.63, 3.8) is 0 Å². The molecule has 1 aliphatic heterocycles. The molecule has 0 spiro atoms. The SMILES string of the molecule is C#C[C@@]1(O)[C@H](O)[C@@H](COP(=O)(O)OP(=O)(O)OP(=O)(O)O)O[C@H]1n1cnc2c(=O)[nH]c(C)nc21. The molecule has 2 aromatic heterocycles. The molecule has 2 unspecified atom stereocenters. The first-order valence-electron chi connectivity index (χ1n) is 8.73. The fourth-order valence-electron chi connectivity index (χ4n) is 3.02. The van der Waals surface area contributed by atoms with E-state index in [1.165, 1.54) is 6.92 Å². The number of hydrogen-bond donors (Lipinski definition) is 7. The van der Waals surface area contributed by atoms with Gasteiger partial charge in [0.05, 0.1) is 12.9 Å². The van der Waals surface area contributed by atoms with Crippen LogP contribution in [0.25, 0.3) is 11.2 Å². The molecule has 1 aliphatic rings. The van der Waals surface area contributed by atoms with Crippen LogP contribution in [0, 0.1) is 19.3 Å². The second-order valence-electron chi connectivity index (χ2n) is 6.80. The van der Waals surface area contributed by atoms with E-state index in [0.717, 1.165) is 10.9 Å². The molecule has 0 saturated carbocycles. The average Bonchev–Trinajstić information content (AvgIpc) is 3.17. The van der Waals surface area contributed by atoms with E-state index in [1.54, 1.807) is 0 Å². The zero-order valence-corrected chi connectivity index (χ0v) is 19.4. The number of imidazole rings is 1. The Hall–Kier alpha value is -1.80. The van der Waals surface area contributed by atoms with E-state index in [-0.39, 0.29) is 17.0 Å². The van der Waals surface area contributed by atoms with Gasteiger partial charge in [0.25, 0.3) is 5.56 Å². The molecule has 0 amide bonds. The molecule has 2 aromatic rings. The molecular formula is C13H17N4O14P3. The summed E-state index contributed by atoms with van der Waals surface area (Å²) in [5.74, 6) is 2.09. The third-order valence-electron chi connectivity index (χ3n) is 4.34. The van der Waals surface area contributed by atoms with E-state index in [2.05, 4.69) is 28.1 Å². The van der Waals surface area contributed by atoms with E-state index in [9.17, 15) is 38.5 Å². The second kappa shape index (κ2) is 9.01. The van der Waals surface area contributed by atoms with Crippen LogP contribution >= 0.6 is 23.5 Å². The molecule has 0 bridgehead atoms. The number of hydrogen-bond acceptors (Lipinski definition) is 12. The summed E-state index contributed by atoms with van der Waals surface area (Å²) in [6.45, 7) is 0.367. The van der Waals surface area contributed by atoms with Crippen LogP contribution in [0.1, 0.15) is 12.1 Å². The molecule has 21 heteroatoms. The van der Waals surface area contributed by atoms with Crippen molar-refractivity contribution in [1.29, 1.82) is 0 Å². The number of aliphatic hydroxyl groups excluding tert-OH is 1. The van der Waals surface area contributed by atoms with Crippen molar-refractivity contribution in [3.05, 3.63) is 22.5 Å². The van der Waals surface area contributed by atoms with Gasteiger partial charge in [-0.2, -0.15) is 8.62 Å². The Morgan fingerprint density at radius 2 is 1.91 bits per heavy atom. The molecule has 0 aliphatic carbocycles. The van der Waals surface area contributed by atoms with Crippen molar-refractivity contribution in [3.8, 4) is 12.3 Å². The summed E-state index contributed by atoms with van der Waals surface area (Å²) in [6.07, 6.45) is 1.09. The first-order valence-corrected chi connectivity index (χ1v) is 13.3. The highest BCUT2D eigenvalue weighted by Gasteiger charge is 2.56. The molecule has 1 saturated heterocycles. The predicted octanol–water partition coefficient (Wildman–Crippen LogP) is -1.61. The van der Waals surface area contributed by atoms with Gasteiger partial charge in [-0.25, -0.2) is 23.7 Å². The van der Waals surface area contributed by atoms with Crippen molar-refractivity contribution < 1.29 is 61.4 Å². The van der Waals surface area contributed by atoms with Crippen LogP contribution < -0.4 is 5.56 Å². The minimum absolute atomic E-state index is 0.0827. The quantitative estimate of drug-likeness (QED) is 0.145. The molecule has 34 heavy (non-hydrogen) atoms. The molecule has 3 heterocycles. The van der Waals surface area contributed by atoms with Crippen molar-refractivity contribution in [2.75, 3.05) is 6.61 Å². The van der Waals surface area contributed by atoms with E-state index >= 15 is 0 Å². The number of ether oxygens (including phenoxy) is 1. The summed E-state index contributed by atoms with van der Waals surface area (Å²) in [7, 11) is -16.9. The number of H-pyrrole nitrogens is 1. The van der Waals surface area contributed by atoms with Gasteiger partial charge in [0, 0.05) is 0 Å². The van der Waals surface area contributed by atoms with Crippen molar-refractivity contribution in [1.82, 2.24) is 19.5 Å². The number of terminal acetylenes is 1. The number of nitrogens with zero attached hydrogens (tertiary/aromatic N) is 3.